The molecule has 41 heavy (non-hydrogen) atoms. The van der Waals surface area contributed by atoms with E-state index < -0.39 is 46.1 Å². The highest BCUT2D eigenvalue weighted by Gasteiger charge is 2.43. The maximum atomic E-state index is 15.1. The fraction of sp³-hybridized carbons (Fsp3) is 0.346. The number of aromatic nitrogens is 5. The normalized spacial score (nSPS) is 15.5. The maximum Gasteiger partial charge on any atom is 0.423 e. The monoisotopic (exact) mass is 577 g/mol. The molecule has 0 amide bonds. The van der Waals surface area contributed by atoms with E-state index in [1.165, 1.54) is 23.0 Å². The van der Waals surface area contributed by atoms with Crippen LogP contribution in [0.2, 0.25) is 0 Å². The van der Waals surface area contributed by atoms with Crippen molar-refractivity contribution in [3.63, 3.8) is 0 Å². The summed E-state index contributed by atoms with van der Waals surface area (Å²) >= 11 is 0. The first-order valence-electron chi connectivity index (χ1n) is 12.5. The van der Waals surface area contributed by atoms with E-state index in [4.69, 9.17) is 10.5 Å². The molecule has 1 aliphatic heterocycles. The van der Waals surface area contributed by atoms with Crippen molar-refractivity contribution in [2.75, 3.05) is 24.3 Å². The van der Waals surface area contributed by atoms with Crippen LogP contribution in [-0.2, 0) is 23.1 Å². The van der Waals surface area contributed by atoms with Gasteiger partial charge in [-0.2, -0.15) is 18.3 Å². The number of benzene rings is 1. The lowest BCUT2D eigenvalue weighted by Gasteiger charge is -2.34. The molecule has 4 aromatic rings. The Bertz CT molecular complexity index is 1730. The molecule has 0 unspecified atom stereocenters. The van der Waals surface area contributed by atoms with Gasteiger partial charge in [-0.15, -0.1) is 0 Å². The smallest absolute Gasteiger partial charge is 0.383 e. The molecule has 0 bridgehead atoms. The van der Waals surface area contributed by atoms with Gasteiger partial charge in [0, 0.05) is 25.0 Å². The summed E-state index contributed by atoms with van der Waals surface area (Å²) in [5.74, 6) is -0.972. The van der Waals surface area contributed by atoms with Crippen LogP contribution in [0.4, 0.5) is 33.5 Å². The number of hydrogen-bond acceptors (Lipinski definition) is 8. The van der Waals surface area contributed by atoms with Crippen molar-refractivity contribution in [3.8, 4) is 11.4 Å². The van der Waals surface area contributed by atoms with E-state index in [0.717, 1.165) is 12.3 Å². The van der Waals surface area contributed by atoms with E-state index in [0.29, 0.717) is 18.2 Å². The van der Waals surface area contributed by atoms with Crippen LogP contribution in [0.5, 0.6) is 0 Å². The summed E-state index contributed by atoms with van der Waals surface area (Å²) in [7, 11) is 0. The standard InChI is InChI=1S/C26H24F5N7O3/c1-13(35-19-10-34-37-23(39)20(19)26(29,30)31)3-2-5-38-6-4-14-7-16(18(27)8-15(14)24(38)40)22-33-9-17(21(32)36-22)25(28)11-41-12-25/h4,6-10,13H,2-3,5,11-12H2,1H3,(H2,32,33,36)(H2,35,37,39)/t13-/m0/s1. The molecule has 4 heterocycles. The van der Waals surface area contributed by atoms with Crippen molar-refractivity contribution < 1.29 is 26.7 Å². The van der Waals surface area contributed by atoms with Crippen molar-refractivity contribution in [1.82, 2.24) is 24.7 Å². The average molecular weight is 578 g/mol. The van der Waals surface area contributed by atoms with E-state index in [-0.39, 0.29) is 47.9 Å². The van der Waals surface area contributed by atoms with E-state index >= 15 is 4.39 Å². The van der Waals surface area contributed by atoms with Gasteiger partial charge < -0.3 is 20.4 Å². The minimum atomic E-state index is -4.86. The van der Waals surface area contributed by atoms with Crippen molar-refractivity contribution >= 4 is 22.3 Å². The number of H-pyrrole nitrogens is 1. The van der Waals surface area contributed by atoms with Gasteiger partial charge in [0.2, 0.25) is 0 Å². The quantitative estimate of drug-likeness (QED) is 0.269. The van der Waals surface area contributed by atoms with Gasteiger partial charge in [-0.1, -0.05) is 0 Å². The second kappa shape index (κ2) is 10.5. The van der Waals surface area contributed by atoms with E-state index in [2.05, 4.69) is 20.4 Å². The third-order valence-corrected chi connectivity index (χ3v) is 6.85. The highest BCUT2D eigenvalue weighted by molar-refractivity contribution is 5.86. The lowest BCUT2D eigenvalue weighted by atomic mass is 9.96. The van der Waals surface area contributed by atoms with E-state index in [1.807, 2.05) is 0 Å². The predicted molar refractivity (Wildman–Crippen MR) is 139 cm³/mol. The Kier molecular flexibility index (Phi) is 7.23. The number of nitrogens with one attached hydrogen (secondary N) is 2. The Hall–Kier alpha value is -4.40. The number of anilines is 2. The van der Waals surface area contributed by atoms with E-state index in [9.17, 15) is 27.2 Å². The third kappa shape index (κ3) is 5.49. The first kappa shape index (κ1) is 28.1. The summed E-state index contributed by atoms with van der Waals surface area (Å²) in [4.78, 5) is 32.8. The number of nitrogen functional groups attached to an aromatic ring is 1. The second-order valence-electron chi connectivity index (χ2n) is 9.86. The predicted octanol–water partition coefficient (Wildman–Crippen LogP) is 3.76. The van der Waals surface area contributed by atoms with Crippen LogP contribution in [0.3, 0.4) is 0 Å². The Labute approximate surface area is 228 Å². The van der Waals surface area contributed by atoms with Crippen LogP contribution in [-0.4, -0.2) is 44.0 Å². The van der Waals surface area contributed by atoms with Crippen molar-refractivity contribution in [3.05, 3.63) is 74.4 Å². The van der Waals surface area contributed by atoms with Gasteiger partial charge in [0.15, 0.2) is 11.5 Å². The van der Waals surface area contributed by atoms with Crippen molar-refractivity contribution in [2.24, 2.45) is 0 Å². The van der Waals surface area contributed by atoms with Crippen LogP contribution in [0.15, 0.2) is 46.4 Å². The van der Waals surface area contributed by atoms with Gasteiger partial charge in [0.25, 0.3) is 11.1 Å². The number of alkyl halides is 4. The Morgan fingerprint density at radius 1 is 1.24 bits per heavy atom. The molecular weight excluding hydrogens is 553 g/mol. The number of halogens is 5. The summed E-state index contributed by atoms with van der Waals surface area (Å²) in [6, 6.07) is 3.59. The summed E-state index contributed by atoms with van der Waals surface area (Å²) in [6.07, 6.45) is -0.507. The molecule has 216 valence electrons. The molecule has 0 spiro atoms. The van der Waals surface area contributed by atoms with E-state index in [1.54, 1.807) is 18.1 Å². The Balaban J connectivity index is 1.30. The molecule has 5 rings (SSSR count). The molecule has 1 atom stereocenters. The summed E-state index contributed by atoms with van der Waals surface area (Å²) < 4.78 is 75.8. The molecule has 10 nitrogen and oxygen atoms in total. The average Bonchev–Trinajstić information content (AvgIpc) is 2.88. The minimum absolute atomic E-state index is 0.0157. The van der Waals surface area contributed by atoms with Crippen LogP contribution in [0.25, 0.3) is 22.2 Å². The number of nitrogens with zero attached hydrogens (tertiary/aromatic N) is 4. The Morgan fingerprint density at radius 2 is 2.00 bits per heavy atom. The van der Waals surface area contributed by atoms with Crippen LogP contribution in [0.1, 0.15) is 30.9 Å². The molecule has 0 aliphatic carbocycles. The molecule has 15 heteroatoms. The first-order chi connectivity index (χ1) is 19.4. The highest BCUT2D eigenvalue weighted by atomic mass is 19.4. The fourth-order valence-electron chi connectivity index (χ4n) is 4.65. The largest absolute Gasteiger partial charge is 0.423 e. The molecule has 0 saturated carbocycles. The number of nitrogens with two attached hydrogens (primary N) is 1. The van der Waals surface area contributed by atoms with Gasteiger partial charge in [0.1, 0.15) is 17.2 Å². The number of ether oxygens (including phenoxy) is 1. The molecule has 0 radical (unpaired) electrons. The number of hydrogen-bond donors (Lipinski definition) is 3. The van der Waals surface area contributed by atoms with Gasteiger partial charge in [-0.3, -0.25) is 9.59 Å². The fourth-order valence-corrected chi connectivity index (χ4v) is 4.65. The molecule has 3 aromatic heterocycles. The third-order valence-electron chi connectivity index (χ3n) is 6.85. The number of aryl methyl sites for hydroxylation is 1. The maximum absolute atomic E-state index is 15.1. The summed E-state index contributed by atoms with van der Waals surface area (Å²) in [6.45, 7) is 1.50. The number of pyridine rings is 1. The second-order valence-corrected chi connectivity index (χ2v) is 9.86. The zero-order chi connectivity index (χ0) is 29.5. The van der Waals surface area contributed by atoms with Gasteiger partial charge in [0.05, 0.1) is 41.6 Å². The molecule has 1 aliphatic rings. The van der Waals surface area contributed by atoms with Crippen molar-refractivity contribution in [2.45, 2.75) is 44.2 Å². The Morgan fingerprint density at radius 3 is 2.66 bits per heavy atom. The first-order valence-corrected chi connectivity index (χ1v) is 12.5. The lowest BCUT2D eigenvalue weighted by Crippen LogP contribution is -2.43. The van der Waals surface area contributed by atoms with Crippen LogP contribution >= 0.6 is 0 Å². The zero-order valence-corrected chi connectivity index (χ0v) is 21.6. The molecular formula is C26H24F5N7O3. The van der Waals surface area contributed by atoms with Crippen LogP contribution in [0, 0.1) is 5.82 Å². The SMILES string of the molecule is C[C@@H](CCCn1ccc2cc(-c3ncc(C4(F)COC4)c(N)n3)c(F)cc2c1=O)Nc1cn[nH]c(=O)c1C(F)(F)F. The summed E-state index contributed by atoms with van der Waals surface area (Å²) in [5.41, 5.74) is 0.553. The highest BCUT2D eigenvalue weighted by Crippen LogP contribution is 2.37. The topological polar surface area (TPSA) is 141 Å². The molecule has 1 saturated heterocycles. The molecule has 1 aromatic carbocycles. The van der Waals surface area contributed by atoms with Gasteiger partial charge in [-0.25, -0.2) is 23.8 Å². The number of rotatable bonds is 8. The molecule has 1 fully saturated rings. The van der Waals surface area contributed by atoms with Crippen LogP contribution < -0.4 is 22.2 Å². The number of aromatic amines is 1. The number of fused-ring (bicyclic) bond motifs is 1. The molecule has 4 N–H and O–H groups in total. The summed E-state index contributed by atoms with van der Waals surface area (Å²) in [5, 5.41) is 8.37. The minimum Gasteiger partial charge on any atom is -0.383 e. The van der Waals surface area contributed by atoms with Gasteiger partial charge >= 0.3 is 6.18 Å². The zero-order valence-electron chi connectivity index (χ0n) is 21.6. The van der Waals surface area contributed by atoms with Crippen molar-refractivity contribution in [1.29, 1.82) is 0 Å². The van der Waals surface area contributed by atoms with Gasteiger partial charge in [-0.05, 0) is 43.4 Å². The lowest BCUT2D eigenvalue weighted by molar-refractivity contribution is -0.138.